The van der Waals surface area contributed by atoms with Gasteiger partial charge in [-0.2, -0.15) is 0 Å². The van der Waals surface area contributed by atoms with Crippen LogP contribution in [0.2, 0.25) is 0 Å². The highest BCUT2D eigenvalue weighted by molar-refractivity contribution is 7.12. The SMILES string of the molecule is [CH]1CC(c2cccs2)=NO1. The van der Waals surface area contributed by atoms with Crippen LogP contribution < -0.4 is 0 Å². The van der Waals surface area contributed by atoms with Crippen LogP contribution in [0.4, 0.5) is 0 Å². The lowest BCUT2D eigenvalue weighted by Crippen LogP contribution is -1.90. The summed E-state index contributed by atoms with van der Waals surface area (Å²) in [4.78, 5) is 5.95. The molecule has 0 spiro atoms. The summed E-state index contributed by atoms with van der Waals surface area (Å²) in [6.07, 6.45) is 0.834. The topological polar surface area (TPSA) is 21.6 Å². The van der Waals surface area contributed by atoms with Crippen molar-refractivity contribution < 1.29 is 4.84 Å². The molecule has 10 heavy (non-hydrogen) atoms. The first-order chi connectivity index (χ1) is 4.97. The minimum atomic E-state index is 0.834. The number of nitrogens with zero attached hydrogens (tertiary/aromatic N) is 1. The highest BCUT2D eigenvalue weighted by Crippen LogP contribution is 2.17. The smallest absolute Gasteiger partial charge is 0.172 e. The van der Waals surface area contributed by atoms with Crippen LogP contribution in [-0.4, -0.2) is 5.71 Å². The van der Waals surface area contributed by atoms with E-state index in [1.54, 1.807) is 17.9 Å². The molecule has 2 rings (SSSR count). The van der Waals surface area contributed by atoms with E-state index in [4.69, 9.17) is 4.84 Å². The molecule has 0 N–H and O–H groups in total. The van der Waals surface area contributed by atoms with E-state index in [0.29, 0.717) is 0 Å². The largest absolute Gasteiger partial charge is 0.388 e. The molecule has 0 amide bonds. The molecule has 3 heteroatoms. The van der Waals surface area contributed by atoms with Crippen molar-refractivity contribution >= 4 is 17.0 Å². The van der Waals surface area contributed by atoms with Gasteiger partial charge >= 0.3 is 0 Å². The first kappa shape index (κ1) is 5.92. The zero-order chi connectivity index (χ0) is 6.81. The van der Waals surface area contributed by atoms with E-state index in [2.05, 4.69) is 5.16 Å². The number of rotatable bonds is 1. The maximum atomic E-state index is 4.75. The Hall–Kier alpha value is -0.830. The first-order valence-electron chi connectivity index (χ1n) is 3.05. The van der Waals surface area contributed by atoms with Crippen LogP contribution in [0.15, 0.2) is 22.7 Å². The molecule has 2 nitrogen and oxygen atoms in total. The second kappa shape index (κ2) is 2.42. The number of hydrogen-bond acceptors (Lipinski definition) is 3. The van der Waals surface area contributed by atoms with Crippen molar-refractivity contribution in [2.75, 3.05) is 0 Å². The van der Waals surface area contributed by atoms with E-state index >= 15 is 0 Å². The summed E-state index contributed by atoms with van der Waals surface area (Å²) >= 11 is 1.69. The van der Waals surface area contributed by atoms with Crippen molar-refractivity contribution in [2.24, 2.45) is 5.16 Å². The third kappa shape index (κ3) is 0.926. The van der Waals surface area contributed by atoms with E-state index in [-0.39, 0.29) is 0 Å². The third-order valence-electron chi connectivity index (χ3n) is 1.32. The Morgan fingerprint density at radius 2 is 2.60 bits per heavy atom. The lowest BCUT2D eigenvalue weighted by atomic mass is 10.2. The number of thiophene rings is 1. The van der Waals surface area contributed by atoms with E-state index in [9.17, 15) is 0 Å². The summed E-state index contributed by atoms with van der Waals surface area (Å²) in [6.45, 7) is 1.70. The predicted molar refractivity (Wildman–Crippen MR) is 40.9 cm³/mol. The van der Waals surface area contributed by atoms with Crippen molar-refractivity contribution in [3.8, 4) is 0 Å². The number of oxime groups is 1. The summed E-state index contributed by atoms with van der Waals surface area (Å²) in [5.74, 6) is 0. The Morgan fingerprint density at radius 1 is 1.60 bits per heavy atom. The molecule has 1 aliphatic heterocycles. The molecular weight excluding hydrogens is 146 g/mol. The fourth-order valence-electron chi connectivity index (χ4n) is 0.843. The zero-order valence-corrected chi connectivity index (χ0v) is 6.10. The highest BCUT2D eigenvalue weighted by Gasteiger charge is 2.10. The highest BCUT2D eigenvalue weighted by atomic mass is 32.1. The Balaban J connectivity index is 2.28. The second-order valence-corrected chi connectivity index (χ2v) is 2.94. The van der Waals surface area contributed by atoms with Gasteiger partial charge < -0.3 is 4.84 Å². The molecule has 0 saturated carbocycles. The van der Waals surface area contributed by atoms with E-state index in [0.717, 1.165) is 12.1 Å². The normalized spacial score (nSPS) is 16.6. The Morgan fingerprint density at radius 3 is 3.20 bits per heavy atom. The second-order valence-electron chi connectivity index (χ2n) is 1.99. The van der Waals surface area contributed by atoms with Crippen molar-refractivity contribution in [2.45, 2.75) is 6.42 Å². The van der Waals surface area contributed by atoms with Crippen molar-refractivity contribution in [1.82, 2.24) is 0 Å². The molecule has 0 saturated heterocycles. The van der Waals surface area contributed by atoms with Crippen LogP contribution in [0.5, 0.6) is 0 Å². The van der Waals surface area contributed by atoms with Crippen LogP contribution >= 0.6 is 11.3 Å². The zero-order valence-electron chi connectivity index (χ0n) is 5.28. The van der Waals surface area contributed by atoms with Gasteiger partial charge in [-0.15, -0.1) is 11.3 Å². The van der Waals surface area contributed by atoms with Gasteiger partial charge in [-0.05, 0) is 11.4 Å². The van der Waals surface area contributed by atoms with Gasteiger partial charge in [-0.1, -0.05) is 11.2 Å². The van der Waals surface area contributed by atoms with Crippen LogP contribution in [0.25, 0.3) is 0 Å². The molecule has 0 aromatic carbocycles. The standard InChI is InChI=1S/C7H6NOS/c1-2-7(10-5-1)6-3-4-9-8-6/h1-2,4-5H,3H2. The molecule has 1 radical (unpaired) electrons. The van der Waals surface area contributed by atoms with Crippen molar-refractivity contribution in [3.63, 3.8) is 0 Å². The van der Waals surface area contributed by atoms with E-state index in [1.807, 2.05) is 17.5 Å². The number of hydrogen-bond donors (Lipinski definition) is 0. The lowest BCUT2D eigenvalue weighted by molar-refractivity contribution is 0.234. The van der Waals surface area contributed by atoms with Crippen LogP contribution in [0.1, 0.15) is 11.3 Å². The van der Waals surface area contributed by atoms with Crippen molar-refractivity contribution in [1.29, 1.82) is 0 Å². The molecule has 1 aromatic rings. The molecule has 0 fully saturated rings. The maximum absolute atomic E-state index is 4.75. The fraction of sp³-hybridized carbons (Fsp3) is 0.143. The predicted octanol–water partition coefficient (Wildman–Crippen LogP) is 2.03. The summed E-state index contributed by atoms with van der Waals surface area (Å²) in [7, 11) is 0. The molecule has 2 heterocycles. The molecule has 1 aliphatic rings. The van der Waals surface area contributed by atoms with Gasteiger partial charge in [0.15, 0.2) is 6.61 Å². The minimum absolute atomic E-state index is 0.834. The Kier molecular flexibility index (Phi) is 1.43. The maximum Gasteiger partial charge on any atom is 0.172 e. The molecule has 1 aromatic heterocycles. The average Bonchev–Trinajstić information content (AvgIpc) is 2.59. The van der Waals surface area contributed by atoms with Gasteiger partial charge in [0, 0.05) is 6.42 Å². The Labute approximate surface area is 63.1 Å². The Bertz CT molecular complexity index is 240. The monoisotopic (exact) mass is 152 g/mol. The van der Waals surface area contributed by atoms with Gasteiger partial charge in [0.1, 0.15) is 5.71 Å². The van der Waals surface area contributed by atoms with E-state index in [1.165, 1.54) is 4.88 Å². The minimum Gasteiger partial charge on any atom is -0.388 e. The molecule has 0 aliphatic carbocycles. The van der Waals surface area contributed by atoms with Crippen LogP contribution in [0, 0.1) is 6.61 Å². The fourth-order valence-corrected chi connectivity index (χ4v) is 1.56. The first-order valence-corrected chi connectivity index (χ1v) is 3.93. The molecule has 0 unspecified atom stereocenters. The summed E-state index contributed by atoms with van der Waals surface area (Å²) in [6, 6.07) is 4.06. The van der Waals surface area contributed by atoms with Crippen molar-refractivity contribution in [3.05, 3.63) is 29.0 Å². The average molecular weight is 152 g/mol. The summed E-state index contributed by atoms with van der Waals surface area (Å²) in [5.41, 5.74) is 1.04. The van der Waals surface area contributed by atoms with Gasteiger partial charge in [-0.3, -0.25) is 0 Å². The quantitative estimate of drug-likeness (QED) is 0.603. The summed E-state index contributed by atoms with van der Waals surface area (Å²) in [5, 5.41) is 5.89. The van der Waals surface area contributed by atoms with Gasteiger partial charge in [0.2, 0.25) is 0 Å². The van der Waals surface area contributed by atoms with E-state index < -0.39 is 0 Å². The third-order valence-corrected chi connectivity index (χ3v) is 2.24. The van der Waals surface area contributed by atoms with Gasteiger partial charge in [-0.25, -0.2) is 0 Å². The van der Waals surface area contributed by atoms with Crippen LogP contribution in [-0.2, 0) is 4.84 Å². The molecule has 0 bridgehead atoms. The lowest BCUT2D eigenvalue weighted by Gasteiger charge is -1.86. The van der Waals surface area contributed by atoms with Gasteiger partial charge in [0.05, 0.1) is 4.88 Å². The van der Waals surface area contributed by atoms with Gasteiger partial charge in [0.25, 0.3) is 0 Å². The molecular formula is C7H6NOS. The molecule has 0 atom stereocenters. The summed E-state index contributed by atoms with van der Waals surface area (Å²) < 4.78 is 0. The molecule has 51 valence electrons. The van der Waals surface area contributed by atoms with Crippen LogP contribution in [0.3, 0.4) is 0 Å².